The minimum Gasteiger partial charge on any atom is -0.487 e. The monoisotopic (exact) mass is 354 g/mol. The van der Waals surface area contributed by atoms with Gasteiger partial charge in [0.2, 0.25) is 0 Å². The summed E-state index contributed by atoms with van der Waals surface area (Å²) < 4.78 is 33.4. The topological polar surface area (TPSA) is 63.8 Å². The molecule has 0 aliphatic carbocycles. The van der Waals surface area contributed by atoms with Crippen molar-refractivity contribution in [1.29, 1.82) is 0 Å². The van der Waals surface area contributed by atoms with Crippen LogP contribution < -0.4 is 4.74 Å². The molecule has 0 saturated heterocycles. The number of fused-ring (bicyclic) bond motifs is 1. The summed E-state index contributed by atoms with van der Waals surface area (Å²) in [5.41, 5.74) is 1.70. The van der Waals surface area contributed by atoms with Gasteiger partial charge < -0.3 is 9.84 Å². The van der Waals surface area contributed by atoms with Crippen LogP contribution >= 0.6 is 0 Å². The van der Waals surface area contributed by atoms with E-state index in [0.29, 0.717) is 36.4 Å². The fraction of sp³-hybridized carbons (Fsp3) is 0.556. The van der Waals surface area contributed by atoms with Crippen molar-refractivity contribution < 1.29 is 23.4 Å². The second-order valence-corrected chi connectivity index (χ2v) is 6.37. The fourth-order valence-corrected chi connectivity index (χ4v) is 2.91. The number of carboxylic acids is 1. The van der Waals surface area contributed by atoms with Gasteiger partial charge in [0.1, 0.15) is 6.17 Å². The Morgan fingerprint density at radius 3 is 2.76 bits per heavy atom. The average molecular weight is 354 g/mol. The Morgan fingerprint density at radius 1 is 1.40 bits per heavy atom. The lowest BCUT2D eigenvalue weighted by Crippen LogP contribution is -2.18. The summed E-state index contributed by atoms with van der Waals surface area (Å²) in [7, 11) is 0. The number of aromatic nitrogens is 2. The number of imidazole rings is 1. The second-order valence-electron chi connectivity index (χ2n) is 6.37. The van der Waals surface area contributed by atoms with E-state index < -0.39 is 24.9 Å². The molecule has 0 spiro atoms. The third kappa shape index (κ3) is 4.67. The molecule has 138 valence electrons. The van der Waals surface area contributed by atoms with Crippen LogP contribution in [0.15, 0.2) is 12.3 Å². The summed E-state index contributed by atoms with van der Waals surface area (Å²) in [4.78, 5) is 15.7. The molecule has 0 bridgehead atoms. The van der Waals surface area contributed by atoms with E-state index in [2.05, 4.69) is 4.98 Å². The molecule has 0 saturated carbocycles. The number of halogens is 2. The van der Waals surface area contributed by atoms with Gasteiger partial charge in [-0.15, -0.1) is 0 Å². The van der Waals surface area contributed by atoms with Gasteiger partial charge in [-0.1, -0.05) is 0 Å². The smallest absolute Gasteiger partial charge is 0.354 e. The summed E-state index contributed by atoms with van der Waals surface area (Å²) in [5.74, 6) is -0.634. The molecule has 0 radical (unpaired) electrons. The first-order chi connectivity index (χ1) is 11.8. The first-order valence-electron chi connectivity index (χ1n) is 8.42. The third-order valence-corrected chi connectivity index (χ3v) is 4.02. The van der Waals surface area contributed by atoms with Gasteiger partial charge in [0, 0.05) is 12.6 Å². The molecule has 2 unspecified atom stereocenters. The molecule has 0 aliphatic rings. The lowest BCUT2D eigenvalue weighted by atomic mass is 10.1. The first kappa shape index (κ1) is 19.1. The quantitative estimate of drug-likeness (QED) is 0.683. The standard InChI is InChI=1S/C18H24F2N2O3/c1-11-8-15(25-12(2)9-14(20)6-4-5-7-19)17-21-13(3)16(18(23)24)22(17)10-11/h8,10,12,14H,4-7,9H2,1-3H3,(H,23,24). The Labute approximate surface area is 145 Å². The lowest BCUT2D eigenvalue weighted by molar-refractivity contribution is 0.0688. The van der Waals surface area contributed by atoms with Gasteiger partial charge in [-0.25, -0.2) is 14.2 Å². The molecule has 1 N–H and O–H groups in total. The Balaban J connectivity index is 2.18. The number of carboxylic acid groups (broad SMARTS) is 1. The summed E-state index contributed by atoms with van der Waals surface area (Å²) in [6.45, 7) is 4.79. The molecule has 0 aromatic carbocycles. The Hall–Kier alpha value is -2.18. The van der Waals surface area contributed by atoms with Gasteiger partial charge in [0.15, 0.2) is 17.1 Å². The number of hydrogen-bond acceptors (Lipinski definition) is 3. The van der Waals surface area contributed by atoms with E-state index in [-0.39, 0.29) is 12.1 Å². The molecule has 0 amide bonds. The Bertz CT molecular complexity index is 745. The highest BCUT2D eigenvalue weighted by atomic mass is 19.1. The molecule has 2 rings (SSSR count). The van der Waals surface area contributed by atoms with Gasteiger partial charge in [-0.3, -0.25) is 8.79 Å². The second kappa shape index (κ2) is 8.27. The van der Waals surface area contributed by atoms with E-state index in [1.54, 1.807) is 26.1 Å². The van der Waals surface area contributed by atoms with E-state index in [4.69, 9.17) is 4.74 Å². The predicted molar refractivity (Wildman–Crippen MR) is 91.1 cm³/mol. The molecule has 2 aromatic rings. The maximum absolute atomic E-state index is 13.9. The number of aryl methyl sites for hydroxylation is 2. The van der Waals surface area contributed by atoms with E-state index in [1.165, 1.54) is 4.40 Å². The number of alkyl halides is 2. The number of unbranched alkanes of at least 4 members (excludes halogenated alkanes) is 1. The molecule has 7 heteroatoms. The minimum absolute atomic E-state index is 0.0887. The van der Waals surface area contributed by atoms with Crippen LogP contribution in [-0.2, 0) is 0 Å². The van der Waals surface area contributed by atoms with Crippen molar-refractivity contribution in [2.45, 2.75) is 58.7 Å². The highest BCUT2D eigenvalue weighted by molar-refractivity contribution is 5.88. The number of carbonyl (C=O) groups is 1. The van der Waals surface area contributed by atoms with E-state index in [9.17, 15) is 18.7 Å². The normalized spacial score (nSPS) is 13.8. The number of hydrogen-bond donors (Lipinski definition) is 1. The van der Waals surface area contributed by atoms with Crippen LogP contribution in [0.2, 0.25) is 0 Å². The average Bonchev–Trinajstić information content (AvgIpc) is 2.83. The summed E-state index contributed by atoms with van der Waals surface area (Å²) in [6, 6.07) is 1.76. The molecule has 0 fully saturated rings. The molecule has 25 heavy (non-hydrogen) atoms. The number of aromatic carboxylic acids is 1. The van der Waals surface area contributed by atoms with Crippen LogP contribution in [0.1, 0.15) is 54.4 Å². The zero-order chi connectivity index (χ0) is 18.6. The van der Waals surface area contributed by atoms with Crippen LogP contribution in [0.3, 0.4) is 0 Å². The van der Waals surface area contributed by atoms with Crippen molar-refractivity contribution >= 4 is 11.6 Å². The van der Waals surface area contributed by atoms with Crippen LogP contribution in [0.5, 0.6) is 5.75 Å². The van der Waals surface area contributed by atoms with Gasteiger partial charge in [0.25, 0.3) is 0 Å². The van der Waals surface area contributed by atoms with Crippen LogP contribution in [0.4, 0.5) is 8.78 Å². The number of pyridine rings is 1. The maximum Gasteiger partial charge on any atom is 0.354 e. The van der Waals surface area contributed by atoms with E-state index in [0.717, 1.165) is 5.56 Å². The van der Waals surface area contributed by atoms with Crippen molar-refractivity contribution in [3.05, 3.63) is 29.2 Å². The van der Waals surface area contributed by atoms with Gasteiger partial charge >= 0.3 is 5.97 Å². The van der Waals surface area contributed by atoms with E-state index in [1.807, 2.05) is 6.92 Å². The van der Waals surface area contributed by atoms with Crippen LogP contribution in [0.25, 0.3) is 5.65 Å². The molecule has 2 atom stereocenters. The molecule has 5 nitrogen and oxygen atoms in total. The fourth-order valence-electron chi connectivity index (χ4n) is 2.91. The number of rotatable bonds is 9. The van der Waals surface area contributed by atoms with E-state index >= 15 is 0 Å². The van der Waals surface area contributed by atoms with Crippen molar-refractivity contribution in [1.82, 2.24) is 9.38 Å². The van der Waals surface area contributed by atoms with Crippen molar-refractivity contribution in [2.75, 3.05) is 6.67 Å². The van der Waals surface area contributed by atoms with Gasteiger partial charge in [0.05, 0.1) is 18.5 Å². The molecule has 2 heterocycles. The SMILES string of the molecule is Cc1cc(OC(C)CC(F)CCCCF)c2nc(C)c(C(=O)O)n2c1. The molecule has 0 aliphatic heterocycles. The molecule has 2 aromatic heterocycles. The van der Waals surface area contributed by atoms with Crippen molar-refractivity contribution in [3.63, 3.8) is 0 Å². The van der Waals surface area contributed by atoms with Gasteiger partial charge in [-0.2, -0.15) is 0 Å². The minimum atomic E-state index is -1.06. The third-order valence-electron chi connectivity index (χ3n) is 4.02. The van der Waals surface area contributed by atoms with Crippen molar-refractivity contribution in [3.8, 4) is 5.75 Å². The lowest BCUT2D eigenvalue weighted by Gasteiger charge is -2.18. The number of nitrogens with zero attached hydrogens (tertiary/aromatic N) is 2. The summed E-state index contributed by atoms with van der Waals surface area (Å²) >= 11 is 0. The largest absolute Gasteiger partial charge is 0.487 e. The number of ether oxygens (including phenoxy) is 1. The van der Waals surface area contributed by atoms with Crippen LogP contribution in [-0.4, -0.2) is 39.4 Å². The zero-order valence-electron chi connectivity index (χ0n) is 14.8. The highest BCUT2D eigenvalue weighted by Gasteiger charge is 2.20. The predicted octanol–water partition coefficient (Wildman–Crippen LogP) is 4.28. The van der Waals surface area contributed by atoms with Crippen LogP contribution in [0, 0.1) is 13.8 Å². The maximum atomic E-state index is 13.9. The molecular formula is C18H24F2N2O3. The Kier molecular flexibility index (Phi) is 6.33. The van der Waals surface area contributed by atoms with Crippen molar-refractivity contribution in [2.24, 2.45) is 0 Å². The first-order valence-corrected chi connectivity index (χ1v) is 8.42. The Morgan fingerprint density at radius 2 is 2.12 bits per heavy atom. The summed E-state index contributed by atoms with van der Waals surface area (Å²) in [5, 5.41) is 9.36. The highest BCUT2D eigenvalue weighted by Crippen LogP contribution is 2.26. The molecular weight excluding hydrogens is 330 g/mol. The van der Waals surface area contributed by atoms with Gasteiger partial charge in [-0.05, 0) is 51.7 Å². The zero-order valence-corrected chi connectivity index (χ0v) is 14.8. The summed E-state index contributed by atoms with van der Waals surface area (Å²) in [6.07, 6.45) is 1.62.